The lowest BCUT2D eigenvalue weighted by atomic mass is 9.97. The van der Waals surface area contributed by atoms with Crippen molar-refractivity contribution in [2.45, 2.75) is 39.2 Å². The molecule has 3 rings (SSSR count). The highest BCUT2D eigenvalue weighted by Crippen LogP contribution is 2.23. The molecule has 1 N–H and O–H groups in total. The summed E-state index contributed by atoms with van der Waals surface area (Å²) in [6.07, 6.45) is 4.30. The lowest BCUT2D eigenvalue weighted by Crippen LogP contribution is -2.43. The Bertz CT molecular complexity index is 725. The maximum absolute atomic E-state index is 12.7. The van der Waals surface area contributed by atoms with Gasteiger partial charge in [0.1, 0.15) is 5.82 Å². The third-order valence-electron chi connectivity index (χ3n) is 4.74. The summed E-state index contributed by atoms with van der Waals surface area (Å²) in [6, 6.07) is 5.76. The Morgan fingerprint density at radius 3 is 3.00 bits per heavy atom. The van der Waals surface area contributed by atoms with Gasteiger partial charge in [-0.3, -0.25) is 9.59 Å². The van der Waals surface area contributed by atoms with E-state index in [1.807, 2.05) is 28.3 Å². The molecule has 7 heteroatoms. The number of hydrogen-bond acceptors (Lipinski definition) is 4. The Morgan fingerprint density at radius 2 is 2.28 bits per heavy atom. The van der Waals surface area contributed by atoms with Gasteiger partial charge in [0.25, 0.3) is 5.91 Å². The number of hydrogen-bond donors (Lipinski definition) is 1. The minimum Gasteiger partial charge on any atom is -0.337 e. The SMILES string of the molecule is CCC(C)n1nccc1NC(=O)C1CCCN(C(=O)c2cccs2)C1. The molecule has 25 heavy (non-hydrogen) atoms. The molecular formula is C18H24N4O2S. The van der Waals surface area contributed by atoms with Gasteiger partial charge in [-0.15, -0.1) is 11.3 Å². The molecule has 1 saturated heterocycles. The monoisotopic (exact) mass is 360 g/mol. The van der Waals surface area contributed by atoms with E-state index in [0.29, 0.717) is 13.1 Å². The average Bonchev–Trinajstić information content (AvgIpc) is 3.32. The van der Waals surface area contributed by atoms with Crippen LogP contribution in [0.25, 0.3) is 0 Å². The third-order valence-corrected chi connectivity index (χ3v) is 5.60. The zero-order chi connectivity index (χ0) is 17.8. The lowest BCUT2D eigenvalue weighted by molar-refractivity contribution is -0.121. The van der Waals surface area contributed by atoms with Gasteiger partial charge in [-0.05, 0) is 37.6 Å². The van der Waals surface area contributed by atoms with Crippen molar-refractivity contribution in [2.24, 2.45) is 5.92 Å². The Kier molecular flexibility index (Phi) is 5.53. The van der Waals surface area contributed by atoms with Gasteiger partial charge >= 0.3 is 0 Å². The first-order valence-electron chi connectivity index (χ1n) is 8.77. The molecule has 2 aromatic heterocycles. The summed E-state index contributed by atoms with van der Waals surface area (Å²) < 4.78 is 1.84. The van der Waals surface area contributed by atoms with Crippen LogP contribution in [0.2, 0.25) is 0 Å². The van der Waals surface area contributed by atoms with Crippen LogP contribution in [0.1, 0.15) is 48.8 Å². The molecule has 3 heterocycles. The quantitative estimate of drug-likeness (QED) is 0.888. The molecule has 1 aliphatic rings. The highest BCUT2D eigenvalue weighted by atomic mass is 32.1. The zero-order valence-electron chi connectivity index (χ0n) is 14.6. The number of anilines is 1. The first-order chi connectivity index (χ1) is 12.1. The number of thiophene rings is 1. The van der Waals surface area contributed by atoms with E-state index in [1.54, 1.807) is 11.1 Å². The van der Waals surface area contributed by atoms with Crippen LogP contribution in [0.4, 0.5) is 5.82 Å². The fraction of sp³-hybridized carbons (Fsp3) is 0.500. The van der Waals surface area contributed by atoms with Crippen LogP contribution >= 0.6 is 11.3 Å². The number of amides is 2. The standard InChI is InChI=1S/C18H24N4O2S/c1-3-13(2)22-16(8-9-19-22)20-17(23)14-6-4-10-21(12-14)18(24)15-7-5-11-25-15/h5,7-9,11,13-14H,3-4,6,10,12H2,1-2H3,(H,20,23). The molecule has 1 aliphatic heterocycles. The Morgan fingerprint density at radius 1 is 1.44 bits per heavy atom. The van der Waals surface area contributed by atoms with Crippen LogP contribution < -0.4 is 5.32 Å². The van der Waals surface area contributed by atoms with E-state index in [9.17, 15) is 9.59 Å². The maximum Gasteiger partial charge on any atom is 0.263 e. The Labute approximate surface area is 151 Å². The van der Waals surface area contributed by atoms with Crippen molar-refractivity contribution in [1.29, 1.82) is 0 Å². The summed E-state index contributed by atoms with van der Waals surface area (Å²) in [4.78, 5) is 27.7. The zero-order valence-corrected chi connectivity index (χ0v) is 15.5. The minimum atomic E-state index is -0.182. The second-order valence-corrected chi connectivity index (χ2v) is 7.42. The predicted molar refractivity (Wildman–Crippen MR) is 98.8 cm³/mol. The van der Waals surface area contributed by atoms with Gasteiger partial charge in [-0.1, -0.05) is 13.0 Å². The summed E-state index contributed by atoms with van der Waals surface area (Å²) in [7, 11) is 0. The number of rotatable bonds is 5. The molecule has 2 amide bonds. The van der Waals surface area contributed by atoms with Crippen LogP contribution in [0, 0.1) is 5.92 Å². The first-order valence-corrected chi connectivity index (χ1v) is 9.65. The number of aromatic nitrogens is 2. The topological polar surface area (TPSA) is 67.2 Å². The second kappa shape index (κ2) is 7.82. The van der Waals surface area contributed by atoms with E-state index in [2.05, 4.69) is 24.3 Å². The number of nitrogens with one attached hydrogen (secondary N) is 1. The minimum absolute atomic E-state index is 0.0251. The molecule has 2 aromatic rings. The van der Waals surface area contributed by atoms with Crippen molar-refractivity contribution in [3.63, 3.8) is 0 Å². The van der Waals surface area contributed by atoms with Crippen molar-refractivity contribution < 1.29 is 9.59 Å². The first kappa shape index (κ1) is 17.7. The fourth-order valence-corrected chi connectivity index (χ4v) is 3.79. The van der Waals surface area contributed by atoms with Crippen molar-refractivity contribution in [3.8, 4) is 0 Å². The van der Waals surface area contributed by atoms with Crippen LogP contribution in [0.5, 0.6) is 0 Å². The van der Waals surface area contributed by atoms with Crippen molar-refractivity contribution in [1.82, 2.24) is 14.7 Å². The van der Waals surface area contributed by atoms with E-state index in [1.165, 1.54) is 11.3 Å². The molecule has 2 unspecified atom stereocenters. The largest absolute Gasteiger partial charge is 0.337 e. The van der Waals surface area contributed by atoms with E-state index < -0.39 is 0 Å². The highest BCUT2D eigenvalue weighted by molar-refractivity contribution is 7.12. The molecule has 0 spiro atoms. The molecule has 1 fully saturated rings. The van der Waals surface area contributed by atoms with Crippen molar-refractivity contribution in [3.05, 3.63) is 34.7 Å². The van der Waals surface area contributed by atoms with E-state index in [-0.39, 0.29) is 23.8 Å². The van der Waals surface area contributed by atoms with Crippen molar-refractivity contribution in [2.75, 3.05) is 18.4 Å². The summed E-state index contributed by atoms with van der Waals surface area (Å²) >= 11 is 1.44. The molecule has 0 aromatic carbocycles. The van der Waals surface area contributed by atoms with Gasteiger partial charge in [-0.2, -0.15) is 5.10 Å². The molecule has 6 nitrogen and oxygen atoms in total. The predicted octanol–water partition coefficient (Wildman–Crippen LogP) is 3.41. The van der Waals surface area contributed by atoms with E-state index in [0.717, 1.165) is 30.0 Å². The molecule has 2 atom stereocenters. The van der Waals surface area contributed by atoms with E-state index in [4.69, 9.17) is 0 Å². The second-order valence-electron chi connectivity index (χ2n) is 6.48. The number of nitrogens with zero attached hydrogens (tertiary/aromatic N) is 3. The molecule has 0 bridgehead atoms. The Balaban J connectivity index is 1.64. The van der Waals surface area contributed by atoms with Crippen LogP contribution in [-0.2, 0) is 4.79 Å². The fourth-order valence-electron chi connectivity index (χ4n) is 3.10. The summed E-state index contributed by atoms with van der Waals surface area (Å²) in [5.74, 6) is 0.532. The van der Waals surface area contributed by atoms with Gasteiger partial charge in [0.2, 0.25) is 5.91 Å². The van der Waals surface area contributed by atoms with Gasteiger partial charge in [0.15, 0.2) is 0 Å². The number of piperidine rings is 1. The summed E-state index contributed by atoms with van der Waals surface area (Å²) in [5.41, 5.74) is 0. The van der Waals surface area contributed by atoms with Crippen LogP contribution in [0.15, 0.2) is 29.8 Å². The van der Waals surface area contributed by atoms with Gasteiger partial charge in [0, 0.05) is 19.2 Å². The van der Waals surface area contributed by atoms with Crippen LogP contribution in [-0.4, -0.2) is 39.6 Å². The molecule has 0 saturated carbocycles. The normalized spacial score (nSPS) is 18.8. The maximum atomic E-state index is 12.7. The smallest absolute Gasteiger partial charge is 0.263 e. The lowest BCUT2D eigenvalue weighted by Gasteiger charge is -2.31. The Hall–Kier alpha value is -2.15. The van der Waals surface area contributed by atoms with Crippen molar-refractivity contribution >= 4 is 29.0 Å². The molecule has 134 valence electrons. The highest BCUT2D eigenvalue weighted by Gasteiger charge is 2.29. The van der Waals surface area contributed by atoms with Crippen LogP contribution in [0.3, 0.4) is 0 Å². The third kappa shape index (κ3) is 3.92. The van der Waals surface area contributed by atoms with Gasteiger partial charge in [0.05, 0.1) is 23.0 Å². The van der Waals surface area contributed by atoms with Gasteiger partial charge in [-0.25, -0.2) is 4.68 Å². The average molecular weight is 360 g/mol. The number of likely N-dealkylation sites (tertiary alicyclic amines) is 1. The molecular weight excluding hydrogens is 336 g/mol. The molecule has 0 radical (unpaired) electrons. The summed E-state index contributed by atoms with van der Waals surface area (Å²) in [5, 5.41) is 9.20. The van der Waals surface area contributed by atoms with E-state index >= 15 is 0 Å². The number of carbonyl (C=O) groups is 2. The number of carbonyl (C=O) groups excluding carboxylic acids is 2. The summed E-state index contributed by atoms with van der Waals surface area (Å²) in [6.45, 7) is 5.35. The molecule has 0 aliphatic carbocycles. The van der Waals surface area contributed by atoms with Gasteiger partial charge < -0.3 is 10.2 Å².